The van der Waals surface area contributed by atoms with E-state index in [0.29, 0.717) is 25.8 Å². The molecule has 1 atom stereocenters. The van der Waals surface area contributed by atoms with Crippen molar-refractivity contribution in [1.82, 2.24) is 10.2 Å². The van der Waals surface area contributed by atoms with E-state index < -0.39 is 0 Å². The van der Waals surface area contributed by atoms with E-state index in [-0.39, 0.29) is 17.9 Å². The van der Waals surface area contributed by atoms with Crippen LogP contribution in [0.5, 0.6) is 0 Å². The van der Waals surface area contributed by atoms with E-state index in [1.54, 1.807) is 0 Å². The van der Waals surface area contributed by atoms with Gasteiger partial charge in [0, 0.05) is 25.4 Å². The summed E-state index contributed by atoms with van der Waals surface area (Å²) in [5.74, 6) is -0.0444. The Morgan fingerprint density at radius 2 is 1.93 bits per heavy atom. The number of carbonyl (C=O) groups is 2. The summed E-state index contributed by atoms with van der Waals surface area (Å²) in [7, 11) is 0. The van der Waals surface area contributed by atoms with Gasteiger partial charge in [-0.3, -0.25) is 14.5 Å². The van der Waals surface area contributed by atoms with Gasteiger partial charge in [0.15, 0.2) is 0 Å². The van der Waals surface area contributed by atoms with E-state index in [9.17, 15) is 9.59 Å². The molecule has 80 valence electrons. The molecule has 0 radical (unpaired) electrons. The van der Waals surface area contributed by atoms with E-state index in [4.69, 9.17) is 0 Å². The van der Waals surface area contributed by atoms with Crippen molar-refractivity contribution in [3.8, 4) is 0 Å². The fourth-order valence-corrected chi connectivity index (χ4v) is 1.69. The smallest absolute Gasteiger partial charge is 0.229 e. The van der Waals surface area contributed by atoms with Gasteiger partial charge in [-0.1, -0.05) is 6.92 Å². The minimum atomic E-state index is -0.0222. The second kappa shape index (κ2) is 5.10. The van der Waals surface area contributed by atoms with Gasteiger partial charge in [-0.05, 0) is 19.9 Å². The largest absolute Gasteiger partial charge is 0.313 e. The van der Waals surface area contributed by atoms with Gasteiger partial charge in [-0.15, -0.1) is 0 Å². The molecule has 2 amide bonds. The molecular weight excluding hydrogens is 180 g/mol. The van der Waals surface area contributed by atoms with Crippen molar-refractivity contribution in [3.05, 3.63) is 0 Å². The normalized spacial score (nSPS) is 20.0. The molecular formula is C10H18N2O2. The first kappa shape index (κ1) is 11.2. The van der Waals surface area contributed by atoms with Crippen LogP contribution < -0.4 is 5.32 Å². The molecule has 0 saturated carbocycles. The molecule has 0 aliphatic carbocycles. The van der Waals surface area contributed by atoms with E-state index in [0.717, 1.165) is 6.54 Å². The number of amides is 2. The molecule has 0 aromatic heterocycles. The molecule has 0 spiro atoms. The third kappa shape index (κ3) is 2.80. The van der Waals surface area contributed by atoms with Gasteiger partial charge in [0.2, 0.25) is 11.8 Å². The molecule has 4 heteroatoms. The highest BCUT2D eigenvalue weighted by atomic mass is 16.2. The summed E-state index contributed by atoms with van der Waals surface area (Å²) in [5.41, 5.74) is 0. The first-order valence-electron chi connectivity index (χ1n) is 5.21. The maximum atomic E-state index is 11.4. The molecule has 14 heavy (non-hydrogen) atoms. The summed E-state index contributed by atoms with van der Waals surface area (Å²) in [5, 5.41) is 3.19. The predicted octanol–water partition coefficient (Wildman–Crippen LogP) is 0.523. The van der Waals surface area contributed by atoms with E-state index in [1.165, 1.54) is 4.90 Å². The molecule has 1 heterocycles. The van der Waals surface area contributed by atoms with Crippen LogP contribution in [-0.4, -0.2) is 35.8 Å². The van der Waals surface area contributed by atoms with Gasteiger partial charge >= 0.3 is 0 Å². The van der Waals surface area contributed by atoms with Gasteiger partial charge in [0.25, 0.3) is 0 Å². The van der Waals surface area contributed by atoms with Crippen LogP contribution in [0.25, 0.3) is 0 Å². The van der Waals surface area contributed by atoms with Gasteiger partial charge in [0.05, 0.1) is 0 Å². The number of likely N-dealkylation sites (tertiary alicyclic amines) is 1. The molecule has 4 nitrogen and oxygen atoms in total. The van der Waals surface area contributed by atoms with Crippen LogP contribution >= 0.6 is 0 Å². The lowest BCUT2D eigenvalue weighted by Crippen LogP contribution is -2.47. The van der Waals surface area contributed by atoms with Crippen LogP contribution in [0.3, 0.4) is 0 Å². The predicted molar refractivity (Wildman–Crippen MR) is 53.7 cm³/mol. The summed E-state index contributed by atoms with van der Waals surface area (Å²) in [4.78, 5) is 24.2. The molecule has 0 aromatic rings. The van der Waals surface area contributed by atoms with Gasteiger partial charge in [-0.2, -0.15) is 0 Å². The van der Waals surface area contributed by atoms with Crippen molar-refractivity contribution in [2.45, 2.75) is 39.2 Å². The second-order valence-corrected chi connectivity index (χ2v) is 3.71. The molecule has 1 unspecified atom stereocenters. The molecule has 1 saturated heterocycles. The number of nitrogens with one attached hydrogen (secondary N) is 1. The summed E-state index contributed by atoms with van der Waals surface area (Å²) in [6, 6.07) is 0.186. The fourth-order valence-electron chi connectivity index (χ4n) is 1.69. The Labute approximate surface area is 84.7 Å². The molecule has 1 aliphatic rings. The van der Waals surface area contributed by atoms with Crippen LogP contribution in [0.15, 0.2) is 0 Å². The van der Waals surface area contributed by atoms with Crippen LogP contribution in [-0.2, 0) is 9.59 Å². The minimum Gasteiger partial charge on any atom is -0.313 e. The number of hydrogen-bond acceptors (Lipinski definition) is 3. The number of carbonyl (C=O) groups excluding carboxylic acids is 2. The zero-order chi connectivity index (χ0) is 10.6. The number of piperidine rings is 1. The zero-order valence-electron chi connectivity index (χ0n) is 8.88. The fraction of sp³-hybridized carbons (Fsp3) is 0.800. The van der Waals surface area contributed by atoms with E-state index in [1.807, 2.05) is 13.8 Å². The third-order valence-electron chi connectivity index (χ3n) is 2.39. The van der Waals surface area contributed by atoms with Crippen molar-refractivity contribution >= 4 is 11.8 Å². The number of likely N-dealkylation sites (N-methyl/N-ethyl adjacent to an activating group) is 1. The van der Waals surface area contributed by atoms with Crippen molar-refractivity contribution in [2.75, 3.05) is 13.1 Å². The standard InChI is InChI=1S/C10H18N2O2/c1-3-11-8(2)7-12-9(13)5-4-6-10(12)14/h8,11H,3-7H2,1-2H3. The number of imide groups is 1. The van der Waals surface area contributed by atoms with Crippen molar-refractivity contribution < 1.29 is 9.59 Å². The SMILES string of the molecule is CCNC(C)CN1C(=O)CCCC1=O. The Balaban J connectivity index is 2.47. The minimum absolute atomic E-state index is 0.0222. The average Bonchev–Trinajstić information content (AvgIpc) is 2.12. The van der Waals surface area contributed by atoms with Crippen LogP contribution in [0.4, 0.5) is 0 Å². The highest BCUT2D eigenvalue weighted by molar-refractivity contribution is 5.97. The van der Waals surface area contributed by atoms with Gasteiger partial charge in [-0.25, -0.2) is 0 Å². The Bertz CT molecular complexity index is 212. The maximum Gasteiger partial charge on any atom is 0.229 e. The quantitative estimate of drug-likeness (QED) is 0.670. The average molecular weight is 198 g/mol. The lowest BCUT2D eigenvalue weighted by atomic mass is 10.1. The monoisotopic (exact) mass is 198 g/mol. The second-order valence-electron chi connectivity index (χ2n) is 3.71. The molecule has 1 fully saturated rings. The number of rotatable bonds is 4. The molecule has 1 N–H and O–H groups in total. The van der Waals surface area contributed by atoms with Crippen LogP contribution in [0.1, 0.15) is 33.1 Å². The summed E-state index contributed by atoms with van der Waals surface area (Å²) >= 11 is 0. The number of nitrogens with zero attached hydrogens (tertiary/aromatic N) is 1. The summed E-state index contributed by atoms with van der Waals surface area (Å²) < 4.78 is 0. The lowest BCUT2D eigenvalue weighted by Gasteiger charge is -2.27. The molecule has 1 aliphatic heterocycles. The highest BCUT2D eigenvalue weighted by Gasteiger charge is 2.26. The first-order chi connectivity index (χ1) is 6.65. The van der Waals surface area contributed by atoms with E-state index in [2.05, 4.69) is 5.32 Å². The van der Waals surface area contributed by atoms with E-state index >= 15 is 0 Å². The Morgan fingerprint density at radius 1 is 1.36 bits per heavy atom. The molecule has 0 aromatic carbocycles. The highest BCUT2D eigenvalue weighted by Crippen LogP contribution is 2.12. The Morgan fingerprint density at radius 3 is 2.43 bits per heavy atom. The summed E-state index contributed by atoms with van der Waals surface area (Å²) in [6.07, 6.45) is 1.75. The Kier molecular flexibility index (Phi) is 4.07. The summed E-state index contributed by atoms with van der Waals surface area (Å²) in [6.45, 7) is 5.36. The third-order valence-corrected chi connectivity index (χ3v) is 2.39. The topological polar surface area (TPSA) is 49.4 Å². The van der Waals surface area contributed by atoms with Crippen molar-refractivity contribution in [2.24, 2.45) is 0 Å². The van der Waals surface area contributed by atoms with Crippen molar-refractivity contribution in [3.63, 3.8) is 0 Å². The number of hydrogen-bond donors (Lipinski definition) is 1. The lowest BCUT2D eigenvalue weighted by molar-refractivity contribution is -0.148. The van der Waals surface area contributed by atoms with Crippen LogP contribution in [0, 0.1) is 0 Å². The van der Waals surface area contributed by atoms with Crippen molar-refractivity contribution in [1.29, 1.82) is 0 Å². The Hall–Kier alpha value is -0.900. The van der Waals surface area contributed by atoms with Gasteiger partial charge in [0.1, 0.15) is 0 Å². The van der Waals surface area contributed by atoms with Gasteiger partial charge < -0.3 is 5.32 Å². The molecule has 0 bridgehead atoms. The molecule has 1 rings (SSSR count). The first-order valence-corrected chi connectivity index (χ1v) is 5.21. The zero-order valence-corrected chi connectivity index (χ0v) is 8.88. The van der Waals surface area contributed by atoms with Crippen LogP contribution in [0.2, 0.25) is 0 Å². The maximum absolute atomic E-state index is 11.4.